The number of ketones is 1. The number of nitrogens with one attached hydrogen (secondary N) is 1. The van der Waals surface area contributed by atoms with Crippen molar-refractivity contribution in [1.82, 2.24) is 9.88 Å². The SMILES string of the molecule is COc1ccc2[nH]cc(CCN3C(=O)C(O)=C(C(C)=O)[C@H]3c3ccccc3OC)c2c1. The lowest BCUT2D eigenvalue weighted by Gasteiger charge is -2.27. The molecule has 0 saturated carbocycles. The number of methoxy groups -OCH3 is 2. The summed E-state index contributed by atoms with van der Waals surface area (Å²) in [6.45, 7) is 1.67. The van der Waals surface area contributed by atoms with Gasteiger partial charge in [0.2, 0.25) is 0 Å². The fraction of sp³-hybridized carbons (Fsp3) is 0.250. The number of ether oxygens (including phenoxy) is 2. The Labute approximate surface area is 179 Å². The summed E-state index contributed by atoms with van der Waals surface area (Å²) in [6, 6.07) is 12.3. The maximum absolute atomic E-state index is 12.9. The van der Waals surface area contributed by atoms with Crippen LogP contribution in [0.15, 0.2) is 60.0 Å². The number of hydrogen-bond acceptors (Lipinski definition) is 5. The minimum absolute atomic E-state index is 0.0927. The van der Waals surface area contributed by atoms with E-state index in [2.05, 4.69) is 4.98 Å². The highest BCUT2D eigenvalue weighted by molar-refractivity contribution is 6.08. The van der Waals surface area contributed by atoms with E-state index in [1.807, 2.05) is 42.6 Å². The molecule has 160 valence electrons. The summed E-state index contributed by atoms with van der Waals surface area (Å²) in [6.07, 6.45) is 2.44. The second-order valence-electron chi connectivity index (χ2n) is 7.44. The third-order valence-electron chi connectivity index (χ3n) is 5.71. The van der Waals surface area contributed by atoms with Crippen molar-refractivity contribution in [3.8, 4) is 11.5 Å². The molecule has 0 spiro atoms. The molecule has 0 fully saturated rings. The number of fused-ring (bicyclic) bond motifs is 1. The van der Waals surface area contributed by atoms with E-state index in [0.717, 1.165) is 22.2 Å². The Morgan fingerprint density at radius 3 is 2.65 bits per heavy atom. The van der Waals surface area contributed by atoms with Gasteiger partial charge in [-0.25, -0.2) is 0 Å². The van der Waals surface area contributed by atoms with Crippen LogP contribution in [0.25, 0.3) is 10.9 Å². The molecule has 31 heavy (non-hydrogen) atoms. The standard InChI is InChI=1S/C24H24N2O5/c1-14(27)21-22(17-6-4-5-7-20(17)31-3)26(24(29)23(21)28)11-10-15-13-25-19-9-8-16(30-2)12-18(15)19/h4-9,12-13,22,25,28H,10-11H2,1-3H3/t22-/m1/s1. The number of amides is 1. The van der Waals surface area contributed by atoms with Crippen LogP contribution in [-0.2, 0) is 16.0 Å². The molecule has 0 radical (unpaired) electrons. The molecule has 2 N–H and O–H groups in total. The number of hydrogen-bond donors (Lipinski definition) is 2. The summed E-state index contributed by atoms with van der Waals surface area (Å²) in [5.74, 6) is -0.102. The Hall–Kier alpha value is -3.74. The summed E-state index contributed by atoms with van der Waals surface area (Å²) >= 11 is 0. The smallest absolute Gasteiger partial charge is 0.290 e. The molecule has 0 aliphatic carbocycles. The van der Waals surface area contributed by atoms with Crippen molar-refractivity contribution in [3.63, 3.8) is 0 Å². The van der Waals surface area contributed by atoms with E-state index in [1.165, 1.54) is 18.9 Å². The lowest BCUT2D eigenvalue weighted by molar-refractivity contribution is -0.129. The molecular weight excluding hydrogens is 396 g/mol. The van der Waals surface area contributed by atoms with Crippen molar-refractivity contribution in [2.45, 2.75) is 19.4 Å². The van der Waals surface area contributed by atoms with E-state index in [9.17, 15) is 14.7 Å². The number of aliphatic hydroxyl groups excluding tert-OH is 1. The fourth-order valence-corrected chi connectivity index (χ4v) is 4.19. The van der Waals surface area contributed by atoms with Crippen LogP contribution in [0.5, 0.6) is 11.5 Å². The van der Waals surface area contributed by atoms with Gasteiger partial charge >= 0.3 is 0 Å². The molecule has 1 aromatic heterocycles. The number of carbonyl (C=O) groups is 2. The summed E-state index contributed by atoms with van der Waals surface area (Å²) in [5.41, 5.74) is 2.73. The van der Waals surface area contributed by atoms with Crippen molar-refractivity contribution in [3.05, 3.63) is 71.1 Å². The molecule has 2 aromatic carbocycles. The van der Waals surface area contributed by atoms with E-state index < -0.39 is 17.7 Å². The molecule has 0 bridgehead atoms. The number of benzene rings is 2. The zero-order valence-electron chi connectivity index (χ0n) is 17.6. The number of H-pyrrole nitrogens is 1. The number of aromatic amines is 1. The van der Waals surface area contributed by atoms with Crippen LogP contribution < -0.4 is 9.47 Å². The maximum atomic E-state index is 12.9. The number of Topliss-reactive ketones (excluding diaryl/α,β-unsaturated/α-hetero) is 1. The van der Waals surface area contributed by atoms with Gasteiger partial charge in [0, 0.05) is 29.2 Å². The van der Waals surface area contributed by atoms with Gasteiger partial charge in [0.25, 0.3) is 5.91 Å². The first-order valence-corrected chi connectivity index (χ1v) is 9.98. The van der Waals surface area contributed by atoms with Gasteiger partial charge in [0.1, 0.15) is 11.5 Å². The van der Waals surface area contributed by atoms with Crippen LogP contribution in [-0.4, -0.2) is 47.4 Å². The summed E-state index contributed by atoms with van der Waals surface area (Å²) < 4.78 is 10.8. The van der Waals surface area contributed by atoms with Gasteiger partial charge in [-0.15, -0.1) is 0 Å². The number of rotatable bonds is 7. The third-order valence-corrected chi connectivity index (χ3v) is 5.71. The van der Waals surface area contributed by atoms with Gasteiger partial charge in [-0.1, -0.05) is 18.2 Å². The van der Waals surface area contributed by atoms with Gasteiger partial charge in [-0.2, -0.15) is 0 Å². The van der Waals surface area contributed by atoms with Gasteiger partial charge in [0.05, 0.1) is 25.8 Å². The monoisotopic (exact) mass is 420 g/mol. The maximum Gasteiger partial charge on any atom is 0.290 e. The van der Waals surface area contributed by atoms with Gasteiger partial charge in [-0.3, -0.25) is 9.59 Å². The number of aliphatic hydroxyl groups is 1. The zero-order chi connectivity index (χ0) is 22.1. The molecule has 0 unspecified atom stereocenters. The van der Waals surface area contributed by atoms with Crippen LogP contribution in [0.4, 0.5) is 0 Å². The van der Waals surface area contributed by atoms with E-state index in [4.69, 9.17) is 9.47 Å². The average molecular weight is 420 g/mol. The Morgan fingerprint density at radius 2 is 1.94 bits per heavy atom. The van der Waals surface area contributed by atoms with Crippen molar-refractivity contribution in [1.29, 1.82) is 0 Å². The Morgan fingerprint density at radius 1 is 1.16 bits per heavy atom. The second-order valence-corrected chi connectivity index (χ2v) is 7.44. The second kappa shape index (κ2) is 8.18. The molecular formula is C24H24N2O5. The molecule has 1 amide bonds. The molecule has 7 nitrogen and oxygen atoms in total. The highest BCUT2D eigenvalue weighted by Crippen LogP contribution is 2.41. The van der Waals surface area contributed by atoms with Crippen molar-refractivity contribution < 1.29 is 24.2 Å². The van der Waals surface area contributed by atoms with Crippen LogP contribution in [0, 0.1) is 0 Å². The topological polar surface area (TPSA) is 91.9 Å². The molecule has 1 aliphatic heterocycles. The van der Waals surface area contributed by atoms with Crippen LogP contribution >= 0.6 is 0 Å². The van der Waals surface area contributed by atoms with Crippen LogP contribution in [0.3, 0.4) is 0 Å². The first-order valence-electron chi connectivity index (χ1n) is 9.98. The zero-order valence-corrected chi connectivity index (χ0v) is 17.6. The van der Waals surface area contributed by atoms with Crippen LogP contribution in [0.1, 0.15) is 24.1 Å². The van der Waals surface area contributed by atoms with Crippen molar-refractivity contribution in [2.75, 3.05) is 20.8 Å². The molecule has 7 heteroatoms. The van der Waals surface area contributed by atoms with E-state index in [0.29, 0.717) is 24.3 Å². The number of nitrogens with zero attached hydrogens (tertiary/aromatic N) is 1. The van der Waals surface area contributed by atoms with Gasteiger partial charge in [0.15, 0.2) is 11.5 Å². The highest BCUT2D eigenvalue weighted by Gasteiger charge is 2.43. The highest BCUT2D eigenvalue weighted by atomic mass is 16.5. The largest absolute Gasteiger partial charge is 0.503 e. The number of carbonyl (C=O) groups excluding carboxylic acids is 2. The predicted molar refractivity (Wildman–Crippen MR) is 116 cm³/mol. The van der Waals surface area contributed by atoms with Gasteiger partial charge in [-0.05, 0) is 43.2 Å². The molecule has 3 aromatic rings. The molecule has 4 rings (SSSR count). The Balaban J connectivity index is 1.70. The minimum atomic E-state index is -0.708. The average Bonchev–Trinajstić information content (AvgIpc) is 3.30. The van der Waals surface area contributed by atoms with E-state index in [-0.39, 0.29) is 11.4 Å². The Bertz CT molecular complexity index is 1190. The number of aromatic nitrogens is 1. The van der Waals surface area contributed by atoms with E-state index >= 15 is 0 Å². The summed E-state index contributed by atoms with van der Waals surface area (Å²) in [7, 11) is 3.16. The van der Waals surface area contributed by atoms with Crippen LogP contribution in [0.2, 0.25) is 0 Å². The first-order chi connectivity index (χ1) is 15.0. The Kier molecular flexibility index (Phi) is 5.42. The molecule has 0 saturated heterocycles. The number of para-hydroxylation sites is 1. The first kappa shape index (κ1) is 20.5. The summed E-state index contributed by atoms with van der Waals surface area (Å²) in [5, 5.41) is 11.5. The molecule has 1 atom stereocenters. The van der Waals surface area contributed by atoms with Crippen molar-refractivity contribution in [2.24, 2.45) is 0 Å². The quantitative estimate of drug-likeness (QED) is 0.608. The van der Waals surface area contributed by atoms with Gasteiger partial charge < -0.3 is 24.5 Å². The van der Waals surface area contributed by atoms with Crippen molar-refractivity contribution >= 4 is 22.6 Å². The lowest BCUT2D eigenvalue weighted by Crippen LogP contribution is -2.33. The normalized spacial score (nSPS) is 16.3. The minimum Gasteiger partial charge on any atom is -0.503 e. The lowest BCUT2D eigenvalue weighted by atomic mass is 9.95. The fourth-order valence-electron chi connectivity index (χ4n) is 4.19. The third kappa shape index (κ3) is 3.52. The molecule has 2 heterocycles. The summed E-state index contributed by atoms with van der Waals surface area (Å²) in [4.78, 5) is 30.0. The molecule has 1 aliphatic rings. The predicted octanol–water partition coefficient (Wildman–Crippen LogP) is 3.71. The van der Waals surface area contributed by atoms with E-state index in [1.54, 1.807) is 13.2 Å².